The van der Waals surface area contributed by atoms with Crippen LogP contribution in [0.15, 0.2) is 48.5 Å². The molecule has 0 aromatic heterocycles. The first-order valence-corrected chi connectivity index (χ1v) is 9.67. The minimum atomic E-state index is -0.596. The summed E-state index contributed by atoms with van der Waals surface area (Å²) in [6.45, 7) is 3.80. The Hall–Kier alpha value is -2.86. The number of amides is 2. The minimum Gasteiger partial charge on any atom is -0.457 e. The second-order valence-corrected chi connectivity index (χ2v) is 7.65. The predicted octanol–water partition coefficient (Wildman–Crippen LogP) is 2.96. The van der Waals surface area contributed by atoms with E-state index in [0.29, 0.717) is 43.9 Å². The molecule has 2 atom stereocenters. The molecule has 0 saturated carbocycles. The quantitative estimate of drug-likeness (QED) is 0.824. The molecule has 0 radical (unpaired) electrons. The summed E-state index contributed by atoms with van der Waals surface area (Å²) < 4.78 is 11.8. The molecular formula is C22H22N2O4. The molecule has 6 heteroatoms. The molecule has 2 aromatic rings. The molecule has 1 spiro atoms. The van der Waals surface area contributed by atoms with Gasteiger partial charge in [0.05, 0.1) is 19.1 Å². The Morgan fingerprint density at radius 1 is 1.14 bits per heavy atom. The number of hydrogen-bond donors (Lipinski definition) is 0. The van der Waals surface area contributed by atoms with Crippen molar-refractivity contribution in [1.29, 1.82) is 0 Å². The van der Waals surface area contributed by atoms with Crippen molar-refractivity contribution in [3.05, 3.63) is 59.7 Å². The molecule has 3 aliphatic rings. The number of ether oxygens (including phenoxy) is 2. The number of rotatable bonds is 3. The van der Waals surface area contributed by atoms with Gasteiger partial charge < -0.3 is 19.3 Å². The highest BCUT2D eigenvalue weighted by Gasteiger charge is 2.62. The van der Waals surface area contributed by atoms with Gasteiger partial charge in [0.1, 0.15) is 11.5 Å². The van der Waals surface area contributed by atoms with Gasteiger partial charge in [0.2, 0.25) is 5.91 Å². The van der Waals surface area contributed by atoms with Crippen LogP contribution in [0.2, 0.25) is 0 Å². The fourth-order valence-electron chi connectivity index (χ4n) is 4.68. The molecule has 3 fully saturated rings. The van der Waals surface area contributed by atoms with Gasteiger partial charge in [-0.1, -0.05) is 12.1 Å². The fourth-order valence-corrected chi connectivity index (χ4v) is 4.68. The molecule has 5 rings (SSSR count). The molecule has 0 bridgehead atoms. The van der Waals surface area contributed by atoms with Gasteiger partial charge in [-0.3, -0.25) is 9.59 Å². The Morgan fingerprint density at radius 3 is 2.75 bits per heavy atom. The SMILES string of the molecule is Cc1cccc(Oc2ccc(C(=O)N3CC[C@@]45OCCN4C(=O)C[C@@H]35)cc2)c1. The first-order valence-electron chi connectivity index (χ1n) is 9.67. The van der Waals surface area contributed by atoms with Crippen LogP contribution in [-0.2, 0) is 9.53 Å². The van der Waals surface area contributed by atoms with Crippen molar-refractivity contribution in [3.63, 3.8) is 0 Å². The lowest BCUT2D eigenvalue weighted by Gasteiger charge is -2.31. The van der Waals surface area contributed by atoms with Gasteiger partial charge in [-0.25, -0.2) is 0 Å². The standard InChI is InChI=1S/C22H22N2O4/c1-15-3-2-4-18(13-15)28-17-7-5-16(6-8-17)21(26)23-10-9-22-19(23)14-20(25)24(22)11-12-27-22/h2-8,13,19H,9-12,14H2,1H3/t19-,22+/m1/s1. The third-order valence-electron chi connectivity index (χ3n) is 5.99. The molecule has 0 aliphatic carbocycles. The van der Waals surface area contributed by atoms with E-state index in [9.17, 15) is 9.59 Å². The van der Waals surface area contributed by atoms with Crippen molar-refractivity contribution in [2.75, 3.05) is 19.7 Å². The average Bonchev–Trinajstić information content (AvgIpc) is 3.33. The normalized spacial score (nSPS) is 25.8. The summed E-state index contributed by atoms with van der Waals surface area (Å²) in [5.74, 6) is 1.47. The number of hydrogen-bond acceptors (Lipinski definition) is 4. The molecule has 2 amide bonds. The maximum absolute atomic E-state index is 13.1. The van der Waals surface area contributed by atoms with Crippen molar-refractivity contribution in [1.82, 2.24) is 9.80 Å². The van der Waals surface area contributed by atoms with Gasteiger partial charge in [-0.05, 0) is 48.9 Å². The van der Waals surface area contributed by atoms with Crippen molar-refractivity contribution >= 4 is 11.8 Å². The number of aryl methyl sites for hydroxylation is 1. The molecule has 0 N–H and O–H groups in total. The van der Waals surface area contributed by atoms with E-state index in [1.165, 1.54) is 0 Å². The van der Waals surface area contributed by atoms with E-state index in [1.807, 2.05) is 36.1 Å². The van der Waals surface area contributed by atoms with E-state index >= 15 is 0 Å². The summed E-state index contributed by atoms with van der Waals surface area (Å²) in [5.41, 5.74) is 1.13. The number of nitrogens with zero attached hydrogens (tertiary/aromatic N) is 2. The van der Waals surface area contributed by atoms with Crippen LogP contribution in [0.25, 0.3) is 0 Å². The smallest absolute Gasteiger partial charge is 0.254 e. The number of carbonyl (C=O) groups excluding carboxylic acids is 2. The number of carbonyl (C=O) groups is 2. The first kappa shape index (κ1) is 17.3. The zero-order valence-electron chi connectivity index (χ0n) is 15.8. The Balaban J connectivity index is 1.33. The summed E-state index contributed by atoms with van der Waals surface area (Å²) in [6.07, 6.45) is 1.03. The van der Waals surface area contributed by atoms with E-state index in [-0.39, 0.29) is 17.9 Å². The second-order valence-electron chi connectivity index (χ2n) is 7.65. The van der Waals surface area contributed by atoms with Crippen molar-refractivity contribution in [3.8, 4) is 11.5 Å². The monoisotopic (exact) mass is 378 g/mol. The lowest BCUT2D eigenvalue weighted by molar-refractivity contribution is -0.136. The Kier molecular flexibility index (Phi) is 3.91. The Morgan fingerprint density at radius 2 is 1.96 bits per heavy atom. The fraction of sp³-hybridized carbons (Fsp3) is 0.364. The van der Waals surface area contributed by atoms with Gasteiger partial charge in [-0.15, -0.1) is 0 Å². The molecule has 3 saturated heterocycles. The number of benzene rings is 2. The third kappa shape index (κ3) is 2.59. The van der Waals surface area contributed by atoms with Crippen LogP contribution in [0, 0.1) is 6.92 Å². The minimum absolute atomic E-state index is 0.0610. The zero-order chi connectivity index (χ0) is 19.3. The molecule has 6 nitrogen and oxygen atoms in total. The van der Waals surface area contributed by atoms with Gasteiger partial charge in [-0.2, -0.15) is 0 Å². The molecule has 144 valence electrons. The highest BCUT2D eigenvalue weighted by molar-refractivity contribution is 5.96. The number of likely N-dealkylation sites (tertiary alicyclic amines) is 1. The molecule has 3 aliphatic heterocycles. The van der Waals surface area contributed by atoms with Crippen LogP contribution in [0.4, 0.5) is 0 Å². The predicted molar refractivity (Wildman–Crippen MR) is 102 cm³/mol. The maximum atomic E-state index is 13.1. The van der Waals surface area contributed by atoms with Crippen LogP contribution >= 0.6 is 0 Å². The van der Waals surface area contributed by atoms with Crippen LogP contribution in [0.1, 0.15) is 28.8 Å². The average molecular weight is 378 g/mol. The van der Waals surface area contributed by atoms with Crippen molar-refractivity contribution in [2.45, 2.75) is 31.5 Å². The van der Waals surface area contributed by atoms with Gasteiger partial charge in [0.15, 0.2) is 5.72 Å². The second kappa shape index (κ2) is 6.34. The van der Waals surface area contributed by atoms with Gasteiger partial charge in [0, 0.05) is 25.1 Å². The summed E-state index contributed by atoms with van der Waals surface area (Å²) in [6, 6.07) is 14.8. The van der Waals surface area contributed by atoms with E-state index in [2.05, 4.69) is 0 Å². The largest absolute Gasteiger partial charge is 0.457 e. The van der Waals surface area contributed by atoms with Gasteiger partial charge in [0.25, 0.3) is 5.91 Å². The van der Waals surface area contributed by atoms with Crippen molar-refractivity contribution < 1.29 is 19.1 Å². The van der Waals surface area contributed by atoms with E-state index in [1.54, 1.807) is 29.2 Å². The van der Waals surface area contributed by atoms with E-state index in [0.717, 1.165) is 11.3 Å². The third-order valence-corrected chi connectivity index (χ3v) is 5.99. The molecule has 2 aromatic carbocycles. The summed E-state index contributed by atoms with van der Waals surface area (Å²) in [4.78, 5) is 29.0. The first-order chi connectivity index (χ1) is 13.6. The topological polar surface area (TPSA) is 59.1 Å². The van der Waals surface area contributed by atoms with E-state index < -0.39 is 5.72 Å². The molecular weight excluding hydrogens is 356 g/mol. The van der Waals surface area contributed by atoms with E-state index in [4.69, 9.17) is 9.47 Å². The summed E-state index contributed by atoms with van der Waals surface area (Å²) in [7, 11) is 0. The highest BCUT2D eigenvalue weighted by Crippen LogP contribution is 2.45. The maximum Gasteiger partial charge on any atom is 0.254 e. The lowest BCUT2D eigenvalue weighted by atomic mass is 10.1. The molecule has 28 heavy (non-hydrogen) atoms. The molecule has 0 unspecified atom stereocenters. The van der Waals surface area contributed by atoms with Crippen LogP contribution in [0.3, 0.4) is 0 Å². The summed E-state index contributed by atoms with van der Waals surface area (Å²) in [5, 5.41) is 0. The molecule has 3 heterocycles. The highest BCUT2D eigenvalue weighted by atomic mass is 16.5. The lowest BCUT2D eigenvalue weighted by Crippen LogP contribution is -2.48. The van der Waals surface area contributed by atoms with Crippen molar-refractivity contribution in [2.24, 2.45) is 0 Å². The van der Waals surface area contributed by atoms with Crippen LogP contribution in [-0.4, -0.2) is 53.1 Å². The van der Waals surface area contributed by atoms with Gasteiger partial charge >= 0.3 is 0 Å². The Bertz CT molecular complexity index is 942. The van der Waals surface area contributed by atoms with Crippen LogP contribution in [0.5, 0.6) is 11.5 Å². The Labute approximate surface area is 163 Å². The summed E-state index contributed by atoms with van der Waals surface area (Å²) >= 11 is 0. The zero-order valence-corrected chi connectivity index (χ0v) is 15.8. The van der Waals surface area contributed by atoms with Crippen LogP contribution < -0.4 is 4.74 Å².